The van der Waals surface area contributed by atoms with E-state index in [1.165, 1.54) is 0 Å². The third-order valence-corrected chi connectivity index (χ3v) is 0. The van der Waals surface area contributed by atoms with Crippen molar-refractivity contribution in [2.75, 3.05) is 0 Å². The van der Waals surface area contributed by atoms with Crippen LogP contribution in [-0.4, -0.2) is 31.6 Å². The monoisotopic (exact) mass is 240 g/mol. The third-order valence-electron chi connectivity index (χ3n) is 0. The highest BCUT2D eigenvalue weighted by Gasteiger charge is 1.71. The minimum Gasteiger partial charge on any atom is -0.469 e. The molecule has 0 radical (unpaired) electrons. The smallest absolute Gasteiger partial charge is 0.401 e. The van der Waals surface area contributed by atoms with E-state index >= 15 is 0 Å². The molecular weight excluding hydrogens is 238 g/mol. The Labute approximate surface area is 81.3 Å². The van der Waals surface area contributed by atoms with E-state index in [2.05, 4.69) is 34.8 Å². The van der Waals surface area contributed by atoms with E-state index < -0.39 is 16.3 Å². The standard InChI is InChI=1S/3CHClO2/c3*2-1(3)4/h3*(H,3,4). The first-order chi connectivity index (χ1) is 5.20. The molecule has 0 unspecified atom stereocenters. The Balaban J connectivity index is -0.000000101. The zero-order chi connectivity index (χ0) is 10.7. The molecule has 0 saturated carbocycles. The Hall–Kier alpha value is -0.720. The average molecular weight is 241 g/mol. The quantitative estimate of drug-likeness (QED) is 0.562. The molecule has 3 N–H and O–H groups in total. The highest BCUT2D eigenvalue weighted by atomic mass is 35.5. The van der Waals surface area contributed by atoms with Crippen molar-refractivity contribution < 1.29 is 29.7 Å². The van der Waals surface area contributed by atoms with Crippen LogP contribution in [0.1, 0.15) is 0 Å². The number of hydrogen-bond donors (Lipinski definition) is 3. The summed E-state index contributed by atoms with van der Waals surface area (Å²) in [6.07, 6.45) is 0. The Kier molecular flexibility index (Phi) is 18.7. The number of rotatable bonds is 0. The van der Waals surface area contributed by atoms with E-state index in [0.717, 1.165) is 0 Å². The van der Waals surface area contributed by atoms with Crippen molar-refractivity contribution in [1.29, 1.82) is 0 Å². The second-order valence-corrected chi connectivity index (χ2v) is 1.73. The highest BCUT2D eigenvalue weighted by molar-refractivity contribution is 6.60. The predicted molar refractivity (Wildman–Crippen MR) is 41.6 cm³/mol. The van der Waals surface area contributed by atoms with Gasteiger partial charge in [-0.25, -0.2) is 14.4 Å². The van der Waals surface area contributed by atoms with Crippen molar-refractivity contribution >= 4 is 51.1 Å². The lowest BCUT2D eigenvalue weighted by Crippen LogP contribution is -1.66. The maximum atomic E-state index is 8.77. The SMILES string of the molecule is O=C(O)Cl.O=C(O)Cl.O=C(O)Cl. The summed E-state index contributed by atoms with van der Waals surface area (Å²) in [5, 5.41) is 21.5. The minimum atomic E-state index is -1.36. The molecule has 6 nitrogen and oxygen atoms in total. The molecule has 0 bridgehead atoms. The number of halogens is 3. The summed E-state index contributed by atoms with van der Waals surface area (Å²) in [6.45, 7) is 0. The molecule has 0 rings (SSSR count). The van der Waals surface area contributed by atoms with E-state index in [-0.39, 0.29) is 0 Å². The zero-order valence-electron chi connectivity index (χ0n) is 5.20. The highest BCUT2D eigenvalue weighted by Crippen LogP contribution is 1.68. The molecule has 0 aromatic carbocycles. The summed E-state index contributed by atoms with van der Waals surface area (Å²) in [4.78, 5) is 26.3. The fourth-order valence-electron chi connectivity index (χ4n) is 0. The van der Waals surface area contributed by atoms with Crippen LogP contribution in [0, 0.1) is 0 Å². The summed E-state index contributed by atoms with van der Waals surface area (Å²) in [6, 6.07) is 0. The molecule has 0 amide bonds. The van der Waals surface area contributed by atoms with Gasteiger partial charge in [-0.1, -0.05) is 0 Å². The van der Waals surface area contributed by atoms with Gasteiger partial charge in [0.15, 0.2) is 0 Å². The molecule has 0 aliphatic rings. The van der Waals surface area contributed by atoms with E-state index in [9.17, 15) is 0 Å². The van der Waals surface area contributed by atoms with Crippen LogP contribution in [0.5, 0.6) is 0 Å². The molecule has 12 heavy (non-hydrogen) atoms. The van der Waals surface area contributed by atoms with Crippen molar-refractivity contribution in [2.24, 2.45) is 0 Å². The number of carboxylic acid groups (broad SMARTS) is 3. The van der Waals surface area contributed by atoms with Gasteiger partial charge in [0, 0.05) is 34.8 Å². The van der Waals surface area contributed by atoms with Gasteiger partial charge in [0.25, 0.3) is 0 Å². The fraction of sp³-hybridized carbons (Fsp3) is 0. The molecule has 0 aromatic rings. The maximum Gasteiger partial charge on any atom is 0.401 e. The second-order valence-electron chi connectivity index (χ2n) is 0.759. The van der Waals surface area contributed by atoms with E-state index in [1.807, 2.05) is 0 Å². The van der Waals surface area contributed by atoms with E-state index in [0.29, 0.717) is 0 Å². The molecule has 0 spiro atoms. The van der Waals surface area contributed by atoms with E-state index in [4.69, 9.17) is 29.7 Å². The Bertz CT molecular complexity index is 116. The molecule has 0 aliphatic heterocycles. The van der Waals surface area contributed by atoms with Gasteiger partial charge < -0.3 is 15.3 Å². The maximum absolute atomic E-state index is 8.77. The zero-order valence-corrected chi connectivity index (χ0v) is 7.47. The van der Waals surface area contributed by atoms with Crippen LogP contribution in [0.15, 0.2) is 0 Å². The van der Waals surface area contributed by atoms with Gasteiger partial charge in [0.2, 0.25) is 0 Å². The predicted octanol–water partition coefficient (Wildman–Crippen LogP) is 2.71. The first-order valence-corrected chi connectivity index (χ1v) is 2.98. The van der Waals surface area contributed by atoms with Gasteiger partial charge in [0.05, 0.1) is 0 Å². The molecule has 0 aromatic heterocycles. The lowest BCUT2D eigenvalue weighted by atomic mass is 11.6. The van der Waals surface area contributed by atoms with Crippen LogP contribution in [0.25, 0.3) is 0 Å². The molecular formula is C3H3Cl3O6. The first kappa shape index (κ1) is 17.4. The van der Waals surface area contributed by atoms with Crippen LogP contribution in [-0.2, 0) is 0 Å². The largest absolute Gasteiger partial charge is 0.469 e. The van der Waals surface area contributed by atoms with Crippen LogP contribution in [0.2, 0.25) is 0 Å². The molecule has 72 valence electrons. The van der Waals surface area contributed by atoms with Crippen LogP contribution in [0.3, 0.4) is 0 Å². The molecule has 0 heterocycles. The second kappa shape index (κ2) is 12.9. The Morgan fingerprint density at radius 3 is 0.667 bits per heavy atom. The molecule has 0 fully saturated rings. The minimum absolute atomic E-state index is 1.36. The summed E-state index contributed by atoms with van der Waals surface area (Å²) in [7, 11) is 0. The topological polar surface area (TPSA) is 112 Å². The van der Waals surface area contributed by atoms with Gasteiger partial charge >= 0.3 is 16.3 Å². The van der Waals surface area contributed by atoms with Gasteiger partial charge in [-0.3, -0.25) is 0 Å². The average Bonchev–Trinajstić information content (AvgIpc) is 1.54. The summed E-state index contributed by atoms with van der Waals surface area (Å²) in [5.74, 6) is 0. The lowest BCUT2D eigenvalue weighted by molar-refractivity contribution is 0.219. The molecule has 0 saturated heterocycles. The van der Waals surface area contributed by atoms with Crippen LogP contribution < -0.4 is 0 Å². The van der Waals surface area contributed by atoms with Crippen molar-refractivity contribution in [3.05, 3.63) is 0 Å². The van der Waals surface area contributed by atoms with Gasteiger partial charge in [-0.2, -0.15) is 0 Å². The molecule has 0 aliphatic carbocycles. The fourth-order valence-corrected chi connectivity index (χ4v) is 0. The van der Waals surface area contributed by atoms with Gasteiger partial charge in [-0.05, 0) is 0 Å². The van der Waals surface area contributed by atoms with Gasteiger partial charge in [0.1, 0.15) is 0 Å². The Morgan fingerprint density at radius 1 is 0.667 bits per heavy atom. The van der Waals surface area contributed by atoms with Crippen molar-refractivity contribution in [2.45, 2.75) is 0 Å². The Morgan fingerprint density at radius 2 is 0.667 bits per heavy atom. The van der Waals surface area contributed by atoms with Crippen molar-refractivity contribution in [1.82, 2.24) is 0 Å². The summed E-state index contributed by atoms with van der Waals surface area (Å²) >= 11 is 12.6. The van der Waals surface area contributed by atoms with Crippen LogP contribution >= 0.6 is 34.8 Å². The number of hydrogen-bond acceptors (Lipinski definition) is 3. The summed E-state index contributed by atoms with van der Waals surface area (Å²) in [5.41, 5.74) is -4.08. The molecule has 0 atom stereocenters. The van der Waals surface area contributed by atoms with Crippen molar-refractivity contribution in [3.8, 4) is 0 Å². The number of carbonyl (C=O) groups is 3. The molecule has 9 heteroatoms. The van der Waals surface area contributed by atoms with Gasteiger partial charge in [-0.15, -0.1) is 0 Å². The van der Waals surface area contributed by atoms with Crippen LogP contribution in [0.4, 0.5) is 14.4 Å². The lowest BCUT2D eigenvalue weighted by Gasteiger charge is -1.55. The normalized spacial score (nSPS) is 6.25. The van der Waals surface area contributed by atoms with Crippen molar-refractivity contribution in [3.63, 3.8) is 0 Å². The third kappa shape index (κ3) is 1230. The van der Waals surface area contributed by atoms with E-state index in [1.54, 1.807) is 0 Å². The first-order valence-electron chi connectivity index (χ1n) is 1.85. The summed E-state index contributed by atoms with van der Waals surface area (Å²) < 4.78 is 0.